The predicted molar refractivity (Wildman–Crippen MR) is 58.9 cm³/mol. The summed E-state index contributed by atoms with van der Waals surface area (Å²) >= 11 is 3.36. The largest absolute Gasteiger partial charge is 0.238 e. The van der Waals surface area contributed by atoms with Gasteiger partial charge in [0.1, 0.15) is 0 Å². The fourth-order valence-electron chi connectivity index (χ4n) is 1.25. The third kappa shape index (κ3) is 2.86. The summed E-state index contributed by atoms with van der Waals surface area (Å²) in [5, 5.41) is 0. The summed E-state index contributed by atoms with van der Waals surface area (Å²) in [6.07, 6.45) is 0.977. The number of benzene rings is 1. The van der Waals surface area contributed by atoms with Crippen LogP contribution in [0.5, 0.6) is 0 Å². The molecule has 0 saturated heterocycles. The van der Waals surface area contributed by atoms with Gasteiger partial charge < -0.3 is 0 Å². The minimum atomic E-state index is 0.599. The highest BCUT2D eigenvalue weighted by molar-refractivity contribution is 9.10. The van der Waals surface area contributed by atoms with Crippen molar-refractivity contribution in [1.29, 1.82) is 0 Å². The molecule has 0 heterocycles. The van der Waals surface area contributed by atoms with E-state index in [2.05, 4.69) is 34.6 Å². The van der Waals surface area contributed by atoms with Crippen molar-refractivity contribution in [3.8, 4) is 0 Å². The van der Waals surface area contributed by atoms with Crippen LogP contribution in [0.2, 0.25) is 0 Å². The van der Waals surface area contributed by atoms with Gasteiger partial charge in [-0.15, -0.1) is 0 Å². The van der Waals surface area contributed by atoms with E-state index in [9.17, 15) is 0 Å². The molecule has 0 amide bonds. The minimum absolute atomic E-state index is 0.599. The van der Waals surface area contributed by atoms with Crippen LogP contribution in [0.4, 0.5) is 5.69 Å². The van der Waals surface area contributed by atoms with Crippen LogP contribution in [0.1, 0.15) is 19.4 Å². The smallest absolute Gasteiger partial charge is 0.191 e. The number of hydrogen-bond donors (Lipinski definition) is 0. The lowest BCUT2D eigenvalue weighted by Gasteiger charge is -2.06. The Kier molecular flexibility index (Phi) is 3.50. The second kappa shape index (κ2) is 4.43. The van der Waals surface area contributed by atoms with Crippen LogP contribution in [0.15, 0.2) is 22.7 Å². The Morgan fingerprint density at radius 1 is 1.46 bits per heavy atom. The van der Waals surface area contributed by atoms with E-state index in [-0.39, 0.29) is 0 Å². The number of halogens is 1. The highest BCUT2D eigenvalue weighted by atomic mass is 79.9. The fraction of sp³-hybridized carbons (Fsp3) is 0.364. The van der Waals surface area contributed by atoms with E-state index in [0.29, 0.717) is 5.92 Å². The van der Waals surface area contributed by atoms with E-state index in [0.717, 1.165) is 22.1 Å². The molecule has 0 spiro atoms. The lowest BCUT2D eigenvalue weighted by atomic mass is 10.0. The molecule has 0 atom stereocenters. The third-order valence-corrected chi connectivity index (χ3v) is 2.29. The first-order chi connectivity index (χ1) is 6.13. The van der Waals surface area contributed by atoms with Crippen molar-refractivity contribution >= 4 is 21.6 Å². The van der Waals surface area contributed by atoms with Crippen LogP contribution in [-0.4, -0.2) is 0 Å². The molecule has 1 aromatic rings. The molecule has 0 radical (unpaired) electrons. The lowest BCUT2D eigenvalue weighted by molar-refractivity contribution is 0.648. The predicted octanol–water partition coefficient (Wildman–Crippen LogP) is 4.20. The quantitative estimate of drug-likeness (QED) is 0.680. The molecule has 1 rings (SSSR count). The van der Waals surface area contributed by atoms with Crippen LogP contribution >= 0.6 is 15.9 Å². The molecule has 68 valence electrons. The van der Waals surface area contributed by atoms with Crippen LogP contribution in [0.25, 0.3) is 4.85 Å². The summed E-state index contributed by atoms with van der Waals surface area (Å²) in [7, 11) is 0. The molecule has 0 bridgehead atoms. The van der Waals surface area contributed by atoms with E-state index in [4.69, 9.17) is 6.57 Å². The van der Waals surface area contributed by atoms with Gasteiger partial charge in [0.2, 0.25) is 0 Å². The Balaban J connectivity index is 3.01. The molecular formula is C11H12BrN. The summed E-state index contributed by atoms with van der Waals surface area (Å²) in [6, 6.07) is 5.90. The molecule has 0 aliphatic rings. The SMILES string of the molecule is [C-]#[N+]c1cc(Br)ccc1CC(C)C. The van der Waals surface area contributed by atoms with Gasteiger partial charge in [-0.3, -0.25) is 0 Å². The Morgan fingerprint density at radius 3 is 2.69 bits per heavy atom. The van der Waals surface area contributed by atoms with Crippen LogP contribution in [0.3, 0.4) is 0 Å². The first-order valence-corrected chi connectivity index (χ1v) is 5.08. The summed E-state index contributed by atoms with van der Waals surface area (Å²) in [5.41, 5.74) is 1.91. The molecule has 0 aliphatic heterocycles. The highest BCUT2D eigenvalue weighted by Gasteiger charge is 2.04. The van der Waals surface area contributed by atoms with Gasteiger partial charge >= 0.3 is 0 Å². The van der Waals surface area contributed by atoms with E-state index in [1.165, 1.54) is 0 Å². The second-order valence-electron chi connectivity index (χ2n) is 3.48. The Morgan fingerprint density at radius 2 is 2.15 bits per heavy atom. The fourth-order valence-corrected chi connectivity index (χ4v) is 1.60. The van der Waals surface area contributed by atoms with Crippen molar-refractivity contribution in [1.82, 2.24) is 0 Å². The topological polar surface area (TPSA) is 4.36 Å². The van der Waals surface area contributed by atoms with E-state index in [1.54, 1.807) is 0 Å². The maximum absolute atomic E-state index is 7.03. The second-order valence-corrected chi connectivity index (χ2v) is 4.40. The zero-order valence-corrected chi connectivity index (χ0v) is 9.43. The minimum Gasteiger partial charge on any atom is -0.238 e. The highest BCUT2D eigenvalue weighted by Crippen LogP contribution is 2.26. The summed E-state index contributed by atoms with van der Waals surface area (Å²) < 4.78 is 0.978. The summed E-state index contributed by atoms with van der Waals surface area (Å²) in [6.45, 7) is 11.4. The zero-order chi connectivity index (χ0) is 9.84. The van der Waals surface area contributed by atoms with Gasteiger partial charge in [-0.2, -0.15) is 0 Å². The standard InChI is InChI=1S/C11H12BrN/c1-8(2)6-9-4-5-10(12)7-11(9)13-3/h4-5,7-8H,6H2,1-2H3. The normalized spacial score (nSPS) is 10.1. The van der Waals surface area contributed by atoms with Crippen molar-refractivity contribution in [3.05, 3.63) is 39.7 Å². The summed E-state index contributed by atoms with van der Waals surface area (Å²) in [5.74, 6) is 0.599. The third-order valence-electron chi connectivity index (χ3n) is 1.80. The molecular weight excluding hydrogens is 226 g/mol. The molecule has 0 aromatic heterocycles. The molecule has 0 unspecified atom stereocenters. The monoisotopic (exact) mass is 237 g/mol. The maximum Gasteiger partial charge on any atom is 0.191 e. The van der Waals surface area contributed by atoms with Crippen molar-refractivity contribution < 1.29 is 0 Å². The molecule has 0 fully saturated rings. The van der Waals surface area contributed by atoms with Gasteiger partial charge in [0.15, 0.2) is 5.69 Å². The van der Waals surface area contributed by atoms with Crippen molar-refractivity contribution in [2.75, 3.05) is 0 Å². The number of nitrogens with zero attached hydrogens (tertiary/aromatic N) is 1. The Hall–Kier alpha value is -0.810. The van der Waals surface area contributed by atoms with E-state index in [1.807, 2.05) is 18.2 Å². The number of rotatable bonds is 2. The van der Waals surface area contributed by atoms with Gasteiger partial charge in [0.05, 0.1) is 6.57 Å². The maximum atomic E-state index is 7.03. The molecule has 13 heavy (non-hydrogen) atoms. The van der Waals surface area contributed by atoms with Gasteiger partial charge in [-0.05, 0) is 24.0 Å². The van der Waals surface area contributed by atoms with Crippen LogP contribution in [0, 0.1) is 12.5 Å². The molecule has 1 nitrogen and oxygen atoms in total. The lowest BCUT2D eigenvalue weighted by Crippen LogP contribution is -1.93. The van der Waals surface area contributed by atoms with E-state index < -0.39 is 0 Å². The van der Waals surface area contributed by atoms with E-state index >= 15 is 0 Å². The van der Waals surface area contributed by atoms with Crippen molar-refractivity contribution in [2.45, 2.75) is 20.3 Å². The van der Waals surface area contributed by atoms with Crippen LogP contribution in [-0.2, 0) is 6.42 Å². The summed E-state index contributed by atoms with van der Waals surface area (Å²) in [4.78, 5) is 3.50. The molecule has 2 heteroatoms. The molecule has 0 saturated carbocycles. The Bertz CT molecular complexity index is 336. The average molecular weight is 238 g/mol. The van der Waals surface area contributed by atoms with Crippen molar-refractivity contribution in [2.24, 2.45) is 5.92 Å². The number of hydrogen-bond acceptors (Lipinski definition) is 0. The first kappa shape index (κ1) is 10.3. The molecule has 0 N–H and O–H groups in total. The van der Waals surface area contributed by atoms with Crippen LogP contribution < -0.4 is 0 Å². The first-order valence-electron chi connectivity index (χ1n) is 4.29. The van der Waals surface area contributed by atoms with Gasteiger partial charge in [-0.25, -0.2) is 4.85 Å². The van der Waals surface area contributed by atoms with Crippen molar-refractivity contribution in [3.63, 3.8) is 0 Å². The zero-order valence-electron chi connectivity index (χ0n) is 7.84. The van der Waals surface area contributed by atoms with Gasteiger partial charge in [0, 0.05) is 4.47 Å². The molecule has 1 aromatic carbocycles. The Labute approximate surface area is 87.7 Å². The van der Waals surface area contributed by atoms with Gasteiger partial charge in [-0.1, -0.05) is 41.9 Å². The molecule has 0 aliphatic carbocycles. The average Bonchev–Trinajstić information content (AvgIpc) is 2.07. The van der Waals surface area contributed by atoms with Gasteiger partial charge in [0.25, 0.3) is 0 Å².